The number of amides is 1. The molecule has 1 heterocycles. The highest BCUT2D eigenvalue weighted by Crippen LogP contribution is 2.25. The van der Waals surface area contributed by atoms with E-state index in [1.165, 1.54) is 24.4 Å². The van der Waals surface area contributed by atoms with Gasteiger partial charge in [-0.3, -0.25) is 14.9 Å². The summed E-state index contributed by atoms with van der Waals surface area (Å²) in [5, 5.41) is 23.8. The number of phenolic OH excluding ortho intramolecular Hbond substituents is 1. The number of hydrazone groups is 1. The number of aromatic hydroxyl groups is 1. The molecule has 25 heavy (non-hydrogen) atoms. The maximum atomic E-state index is 12.0. The Bertz CT molecular complexity index is 978. The minimum Gasteiger partial charge on any atom is -0.502 e. The molecule has 0 unspecified atom stereocenters. The van der Waals surface area contributed by atoms with Gasteiger partial charge in [-0.15, -0.1) is 10.5 Å². The average molecular weight is 339 g/mol. The Hall–Kier alpha value is -3.68. The van der Waals surface area contributed by atoms with Crippen LogP contribution in [0.3, 0.4) is 0 Å². The second-order valence-electron chi connectivity index (χ2n) is 5.38. The minimum atomic E-state index is -0.671. The van der Waals surface area contributed by atoms with Crippen molar-refractivity contribution in [3.8, 4) is 5.75 Å². The summed E-state index contributed by atoms with van der Waals surface area (Å²) in [6.07, 6.45) is 3.41. The van der Waals surface area contributed by atoms with Gasteiger partial charge >= 0.3 is 5.69 Å². The normalized spacial score (nSPS) is 11.0. The van der Waals surface area contributed by atoms with Crippen molar-refractivity contribution in [2.75, 3.05) is 0 Å². The summed E-state index contributed by atoms with van der Waals surface area (Å²) in [7, 11) is 0. The number of aromatic amines is 1. The fraction of sp³-hybridized carbons (Fsp3) is 0.0588. The molecule has 0 saturated carbocycles. The largest absolute Gasteiger partial charge is 0.502 e. The number of nitrogens with zero attached hydrogens (tertiary/aromatic N) is 1. The molecular weight excluding hydrogens is 324 g/mol. The Morgan fingerprint density at radius 3 is 2.88 bits per heavy atom. The van der Waals surface area contributed by atoms with E-state index < -0.39 is 10.7 Å². The summed E-state index contributed by atoms with van der Waals surface area (Å²) in [4.78, 5) is 25.1. The number of carbonyl (C=O) groups is 1. The van der Waals surface area contributed by atoms with Crippen molar-refractivity contribution in [1.29, 1.82) is 0 Å². The molecule has 8 heteroatoms. The standard InChI is InChI=1S/C17H14N4O4/c22-16-7-11(5-6-15(16)21(24)25)9-19-20-17(23)8-12-10-18-14-4-2-1-3-13(12)14/h1-7,9-10,18,22H,8H2,(H,20,23)/p+1/b19-9+. The van der Waals surface area contributed by atoms with Crippen LogP contribution in [0.5, 0.6) is 5.75 Å². The Kier molecular flexibility index (Phi) is 4.42. The van der Waals surface area contributed by atoms with Gasteiger partial charge in [-0.2, -0.15) is 0 Å². The van der Waals surface area contributed by atoms with E-state index in [0.717, 1.165) is 16.5 Å². The number of hydrogen-bond donors (Lipinski definition) is 4. The molecule has 0 aliphatic carbocycles. The molecule has 4 N–H and O–H groups in total. The van der Waals surface area contributed by atoms with Gasteiger partial charge in [-0.1, -0.05) is 18.2 Å². The summed E-state index contributed by atoms with van der Waals surface area (Å²) in [6, 6.07) is 11.6. The van der Waals surface area contributed by atoms with Gasteiger partial charge in [0.05, 0.1) is 11.3 Å². The third-order valence-electron chi connectivity index (χ3n) is 3.67. The molecule has 0 aliphatic rings. The van der Waals surface area contributed by atoms with Crippen LogP contribution in [0.4, 0.5) is 5.69 Å². The molecule has 0 atom stereocenters. The zero-order chi connectivity index (χ0) is 17.8. The van der Waals surface area contributed by atoms with Crippen LogP contribution >= 0.6 is 0 Å². The lowest BCUT2D eigenvalue weighted by molar-refractivity contribution is -0.505. The van der Waals surface area contributed by atoms with E-state index >= 15 is 0 Å². The van der Waals surface area contributed by atoms with Crippen LogP contribution in [0.2, 0.25) is 0 Å². The smallest absolute Gasteiger partial charge is 0.310 e. The lowest BCUT2D eigenvalue weighted by Gasteiger charge is -1.97. The number of benzene rings is 2. The highest BCUT2D eigenvalue weighted by molar-refractivity contribution is 5.88. The van der Waals surface area contributed by atoms with E-state index in [0.29, 0.717) is 5.56 Å². The number of para-hydroxylation sites is 1. The SMILES string of the molecule is O=C(Cc1c[nH]c2ccccc12)N/[NH+]=C/c1ccc([N+](=O)[O-])c(O)c1. The van der Waals surface area contributed by atoms with Gasteiger partial charge in [0.2, 0.25) is 0 Å². The maximum Gasteiger partial charge on any atom is 0.310 e. The molecule has 8 nitrogen and oxygen atoms in total. The van der Waals surface area contributed by atoms with Crippen LogP contribution in [-0.2, 0) is 11.2 Å². The van der Waals surface area contributed by atoms with Crippen LogP contribution < -0.4 is 10.5 Å². The second-order valence-corrected chi connectivity index (χ2v) is 5.38. The van der Waals surface area contributed by atoms with Gasteiger partial charge < -0.3 is 10.1 Å². The number of carbonyl (C=O) groups excluding carboxylic acids is 1. The molecule has 0 bridgehead atoms. The van der Waals surface area contributed by atoms with Crippen LogP contribution in [0.15, 0.2) is 48.7 Å². The zero-order valence-electron chi connectivity index (χ0n) is 13.0. The van der Waals surface area contributed by atoms with Crippen molar-refractivity contribution in [1.82, 2.24) is 10.4 Å². The topological polar surface area (TPSA) is 122 Å². The summed E-state index contributed by atoms with van der Waals surface area (Å²) in [6.45, 7) is 0. The molecule has 0 spiro atoms. The lowest BCUT2D eigenvalue weighted by atomic mass is 10.1. The highest BCUT2D eigenvalue weighted by atomic mass is 16.6. The lowest BCUT2D eigenvalue weighted by Crippen LogP contribution is -2.81. The van der Waals surface area contributed by atoms with E-state index in [4.69, 9.17) is 0 Å². The summed E-state index contributed by atoms with van der Waals surface area (Å²) in [5.74, 6) is -0.683. The molecular formula is C17H15N4O4+. The van der Waals surface area contributed by atoms with E-state index in [1.54, 1.807) is 6.20 Å². The quantitative estimate of drug-likeness (QED) is 0.308. The number of hydrogen-bond acceptors (Lipinski definition) is 4. The van der Waals surface area contributed by atoms with Crippen molar-refractivity contribution in [3.63, 3.8) is 0 Å². The monoisotopic (exact) mass is 339 g/mol. The van der Waals surface area contributed by atoms with Crippen LogP contribution in [0.1, 0.15) is 11.1 Å². The first-order chi connectivity index (χ1) is 12.0. The van der Waals surface area contributed by atoms with Crippen molar-refractivity contribution in [2.45, 2.75) is 6.42 Å². The molecule has 1 aromatic heterocycles. The molecule has 126 valence electrons. The molecule has 2 aromatic carbocycles. The first-order valence-corrected chi connectivity index (χ1v) is 7.44. The zero-order valence-corrected chi connectivity index (χ0v) is 13.0. The number of nitro benzene ring substituents is 1. The fourth-order valence-corrected chi connectivity index (χ4v) is 2.48. The maximum absolute atomic E-state index is 12.0. The van der Waals surface area contributed by atoms with E-state index in [2.05, 4.69) is 15.5 Å². The van der Waals surface area contributed by atoms with Crippen LogP contribution in [-0.4, -0.2) is 27.1 Å². The Balaban J connectivity index is 1.63. The van der Waals surface area contributed by atoms with Gasteiger partial charge in [0, 0.05) is 34.8 Å². The van der Waals surface area contributed by atoms with Crippen molar-refractivity contribution < 1.29 is 19.9 Å². The molecule has 0 aliphatic heterocycles. The van der Waals surface area contributed by atoms with Crippen LogP contribution in [0, 0.1) is 10.1 Å². The van der Waals surface area contributed by atoms with Gasteiger partial charge in [-0.25, -0.2) is 0 Å². The molecule has 3 rings (SSSR count). The molecule has 0 fully saturated rings. The van der Waals surface area contributed by atoms with E-state index in [-0.39, 0.29) is 18.0 Å². The van der Waals surface area contributed by atoms with Gasteiger partial charge in [-0.05, 0) is 17.7 Å². The average Bonchev–Trinajstić information content (AvgIpc) is 2.98. The minimum absolute atomic E-state index is 0.191. The number of nitro groups is 1. The van der Waals surface area contributed by atoms with Gasteiger partial charge in [0.25, 0.3) is 5.91 Å². The third-order valence-corrected chi connectivity index (χ3v) is 3.67. The van der Waals surface area contributed by atoms with E-state index in [9.17, 15) is 20.0 Å². The third kappa shape index (κ3) is 3.63. The number of nitrogens with one attached hydrogen (secondary N) is 3. The van der Waals surface area contributed by atoms with Gasteiger partial charge in [0.1, 0.15) is 0 Å². The second kappa shape index (κ2) is 6.83. The number of aromatic nitrogens is 1. The summed E-state index contributed by atoms with van der Waals surface area (Å²) in [5.41, 5.74) is 4.47. The first-order valence-electron chi connectivity index (χ1n) is 7.44. The van der Waals surface area contributed by atoms with Crippen LogP contribution in [0.25, 0.3) is 10.9 Å². The van der Waals surface area contributed by atoms with E-state index in [1.807, 2.05) is 24.3 Å². The van der Waals surface area contributed by atoms with Crippen molar-refractivity contribution in [2.24, 2.45) is 0 Å². The first kappa shape index (κ1) is 16.2. The summed E-state index contributed by atoms with van der Waals surface area (Å²) < 4.78 is 0. The highest BCUT2D eigenvalue weighted by Gasteiger charge is 2.13. The summed E-state index contributed by atoms with van der Waals surface area (Å²) >= 11 is 0. The van der Waals surface area contributed by atoms with Gasteiger partial charge in [0.15, 0.2) is 12.0 Å². The molecule has 0 saturated heterocycles. The molecule has 3 aromatic rings. The Morgan fingerprint density at radius 2 is 2.12 bits per heavy atom. The number of rotatable bonds is 5. The predicted molar refractivity (Wildman–Crippen MR) is 91.0 cm³/mol. The number of fused-ring (bicyclic) bond motifs is 1. The fourth-order valence-electron chi connectivity index (χ4n) is 2.48. The van der Waals surface area contributed by atoms with Crippen molar-refractivity contribution >= 4 is 28.7 Å². The number of hydrazine groups is 1. The molecule has 0 radical (unpaired) electrons. The molecule has 1 amide bonds. The predicted octanol–water partition coefficient (Wildman–Crippen LogP) is 0.555. The number of H-pyrrole nitrogens is 1. The number of phenols is 1. The Morgan fingerprint density at radius 1 is 1.32 bits per heavy atom. The Labute approximate surface area is 141 Å². The van der Waals surface area contributed by atoms with Crippen molar-refractivity contribution in [3.05, 3.63) is 69.9 Å².